The first kappa shape index (κ1) is 18.7. The lowest BCUT2D eigenvalue weighted by molar-refractivity contribution is -0.00968. The predicted molar refractivity (Wildman–Crippen MR) is 101 cm³/mol. The summed E-state index contributed by atoms with van der Waals surface area (Å²) in [6.45, 7) is 8.39. The Balaban J connectivity index is 1.69. The van der Waals surface area contributed by atoms with E-state index in [1.54, 1.807) is 4.90 Å². The molecule has 1 N–H and O–H groups in total. The molecule has 138 valence electrons. The third-order valence-electron chi connectivity index (χ3n) is 4.86. The molecule has 1 saturated heterocycles. The van der Waals surface area contributed by atoms with Gasteiger partial charge in [0, 0.05) is 30.7 Å². The van der Waals surface area contributed by atoms with E-state index in [9.17, 15) is 9.90 Å². The van der Waals surface area contributed by atoms with Gasteiger partial charge in [0.1, 0.15) is 5.60 Å². The van der Waals surface area contributed by atoms with E-state index >= 15 is 0 Å². The zero-order chi connectivity index (χ0) is 18.2. The van der Waals surface area contributed by atoms with Crippen molar-refractivity contribution in [1.29, 1.82) is 0 Å². The van der Waals surface area contributed by atoms with Crippen LogP contribution in [0.4, 0.5) is 4.79 Å². The van der Waals surface area contributed by atoms with Crippen molar-refractivity contribution in [2.45, 2.75) is 51.4 Å². The van der Waals surface area contributed by atoms with Crippen molar-refractivity contribution in [3.8, 4) is 0 Å². The van der Waals surface area contributed by atoms with E-state index < -0.39 is 5.60 Å². The lowest BCUT2D eigenvalue weighted by Gasteiger charge is -2.43. The average Bonchev–Trinajstić information content (AvgIpc) is 2.53. The van der Waals surface area contributed by atoms with Crippen LogP contribution in [-0.4, -0.2) is 58.9 Å². The molecule has 6 heteroatoms. The number of rotatable bonds is 1. The summed E-state index contributed by atoms with van der Waals surface area (Å²) < 4.78 is 6.50. The normalized spacial score (nSPS) is 24.8. The molecule has 0 aromatic heterocycles. The Kier molecular flexibility index (Phi) is 5.42. The summed E-state index contributed by atoms with van der Waals surface area (Å²) in [5, 5.41) is 10.6. The van der Waals surface area contributed by atoms with Gasteiger partial charge in [-0.15, -0.1) is 0 Å². The van der Waals surface area contributed by atoms with E-state index in [1.165, 1.54) is 11.1 Å². The Labute approximate surface area is 158 Å². The first-order valence-electron chi connectivity index (χ1n) is 8.93. The Morgan fingerprint density at radius 2 is 1.92 bits per heavy atom. The molecule has 3 rings (SSSR count). The van der Waals surface area contributed by atoms with Gasteiger partial charge in [0.25, 0.3) is 0 Å². The molecule has 1 heterocycles. The number of nitrogens with zero attached hydrogens (tertiary/aromatic N) is 2. The van der Waals surface area contributed by atoms with Crippen LogP contribution in [0.2, 0.25) is 0 Å². The van der Waals surface area contributed by atoms with Gasteiger partial charge in [-0.3, -0.25) is 4.90 Å². The second-order valence-corrected chi connectivity index (χ2v) is 8.81. The third-order valence-corrected chi connectivity index (χ3v) is 5.35. The number of aliphatic hydroxyl groups is 1. The molecule has 1 aromatic rings. The number of ether oxygens (including phenoxy) is 1. The van der Waals surface area contributed by atoms with Gasteiger partial charge >= 0.3 is 6.09 Å². The van der Waals surface area contributed by atoms with Gasteiger partial charge in [0.15, 0.2) is 0 Å². The van der Waals surface area contributed by atoms with Gasteiger partial charge in [-0.1, -0.05) is 22.0 Å². The molecule has 1 aromatic carbocycles. The van der Waals surface area contributed by atoms with Crippen molar-refractivity contribution >= 4 is 22.0 Å². The fourth-order valence-electron chi connectivity index (χ4n) is 3.69. The maximum absolute atomic E-state index is 12.2. The second kappa shape index (κ2) is 7.25. The van der Waals surface area contributed by atoms with Gasteiger partial charge in [0.2, 0.25) is 0 Å². The number of aliphatic hydroxyl groups excluding tert-OH is 1. The lowest BCUT2D eigenvalue weighted by atomic mass is 9.84. The van der Waals surface area contributed by atoms with Gasteiger partial charge in [-0.25, -0.2) is 4.79 Å². The highest BCUT2D eigenvalue weighted by atomic mass is 79.9. The van der Waals surface area contributed by atoms with Crippen molar-refractivity contribution in [3.63, 3.8) is 0 Å². The molecule has 0 radical (unpaired) electrons. The molecule has 2 aliphatic rings. The number of hydrogen-bond acceptors (Lipinski definition) is 4. The van der Waals surface area contributed by atoms with Gasteiger partial charge in [-0.2, -0.15) is 0 Å². The standard InChI is InChI=1S/C19H27BrN2O3/c1-19(2,3)25-18(24)22-10-8-21(9-11-22)17-15-12-14(20)6-4-13(15)5-7-16(17)23/h4,6,12,16-17,23H,5,7-11H2,1-3H3. The molecule has 1 amide bonds. The molecule has 1 fully saturated rings. The molecule has 2 unspecified atom stereocenters. The van der Waals surface area contributed by atoms with Crippen molar-refractivity contribution in [2.75, 3.05) is 26.2 Å². The second-order valence-electron chi connectivity index (χ2n) is 7.90. The Morgan fingerprint density at radius 3 is 2.56 bits per heavy atom. The maximum Gasteiger partial charge on any atom is 0.410 e. The van der Waals surface area contributed by atoms with Crippen LogP contribution in [0.1, 0.15) is 44.4 Å². The fraction of sp³-hybridized carbons (Fsp3) is 0.632. The molecule has 0 bridgehead atoms. The predicted octanol–water partition coefficient (Wildman–Crippen LogP) is 3.35. The molecule has 0 spiro atoms. The first-order valence-corrected chi connectivity index (χ1v) is 9.72. The quantitative estimate of drug-likeness (QED) is 0.770. The minimum absolute atomic E-state index is 0.00189. The molecule has 0 saturated carbocycles. The summed E-state index contributed by atoms with van der Waals surface area (Å²) in [5.74, 6) is 0. The number of piperazine rings is 1. The molecule has 25 heavy (non-hydrogen) atoms. The minimum atomic E-state index is -0.473. The number of hydrogen-bond donors (Lipinski definition) is 1. The van der Waals surface area contributed by atoms with Crippen LogP contribution in [0, 0.1) is 0 Å². The summed E-state index contributed by atoms with van der Waals surface area (Å²) in [5.41, 5.74) is 2.05. The van der Waals surface area contributed by atoms with E-state index in [-0.39, 0.29) is 18.2 Å². The minimum Gasteiger partial charge on any atom is -0.444 e. The Hall–Kier alpha value is -1.11. The molecule has 5 nitrogen and oxygen atoms in total. The molecule has 1 aliphatic carbocycles. The van der Waals surface area contributed by atoms with Crippen molar-refractivity contribution < 1.29 is 14.6 Å². The number of benzene rings is 1. The largest absolute Gasteiger partial charge is 0.444 e. The maximum atomic E-state index is 12.2. The molecular weight excluding hydrogens is 384 g/mol. The van der Waals surface area contributed by atoms with Crippen LogP contribution in [-0.2, 0) is 11.2 Å². The first-order chi connectivity index (χ1) is 11.7. The van der Waals surface area contributed by atoms with Crippen molar-refractivity contribution in [3.05, 3.63) is 33.8 Å². The van der Waals surface area contributed by atoms with E-state index in [4.69, 9.17) is 4.74 Å². The summed E-state index contributed by atoms with van der Waals surface area (Å²) >= 11 is 3.55. The Morgan fingerprint density at radius 1 is 1.24 bits per heavy atom. The van der Waals surface area contributed by atoms with Crippen LogP contribution in [0.25, 0.3) is 0 Å². The Bertz CT molecular complexity index is 636. The summed E-state index contributed by atoms with van der Waals surface area (Å²) in [6.07, 6.45) is 1.08. The third kappa shape index (κ3) is 4.36. The molecular formula is C19H27BrN2O3. The van der Waals surface area contributed by atoms with E-state index in [1.807, 2.05) is 20.8 Å². The number of amides is 1. The molecule has 2 atom stereocenters. The van der Waals surface area contributed by atoms with Crippen LogP contribution in [0.3, 0.4) is 0 Å². The van der Waals surface area contributed by atoms with Crippen LogP contribution < -0.4 is 0 Å². The highest BCUT2D eigenvalue weighted by molar-refractivity contribution is 9.10. The zero-order valence-electron chi connectivity index (χ0n) is 15.2. The monoisotopic (exact) mass is 410 g/mol. The SMILES string of the molecule is CC(C)(C)OC(=O)N1CCN(C2c3cc(Br)ccc3CCC2O)CC1. The smallest absolute Gasteiger partial charge is 0.410 e. The average molecular weight is 411 g/mol. The summed E-state index contributed by atoms with van der Waals surface area (Å²) in [7, 11) is 0. The van der Waals surface area contributed by atoms with Crippen molar-refractivity contribution in [1.82, 2.24) is 9.80 Å². The van der Waals surface area contributed by atoms with Crippen molar-refractivity contribution in [2.24, 2.45) is 0 Å². The topological polar surface area (TPSA) is 53.0 Å². The van der Waals surface area contributed by atoms with Gasteiger partial charge in [-0.05, 0) is 56.9 Å². The number of carbonyl (C=O) groups is 1. The molecule has 1 aliphatic heterocycles. The van der Waals surface area contributed by atoms with Crippen LogP contribution in [0.5, 0.6) is 0 Å². The highest BCUT2D eigenvalue weighted by Gasteiger charge is 2.36. The van der Waals surface area contributed by atoms with Crippen LogP contribution in [0.15, 0.2) is 22.7 Å². The number of carbonyl (C=O) groups excluding carboxylic acids is 1. The van der Waals surface area contributed by atoms with E-state index in [2.05, 4.69) is 39.0 Å². The van der Waals surface area contributed by atoms with E-state index in [0.717, 1.165) is 30.4 Å². The summed E-state index contributed by atoms with van der Waals surface area (Å²) in [6, 6.07) is 6.34. The van der Waals surface area contributed by atoms with Gasteiger partial charge < -0.3 is 14.7 Å². The highest BCUT2D eigenvalue weighted by Crippen LogP contribution is 2.36. The number of fused-ring (bicyclic) bond motifs is 1. The van der Waals surface area contributed by atoms with Crippen LogP contribution >= 0.6 is 15.9 Å². The lowest BCUT2D eigenvalue weighted by Crippen LogP contribution is -2.53. The fourth-order valence-corrected chi connectivity index (χ4v) is 4.07. The summed E-state index contributed by atoms with van der Waals surface area (Å²) in [4.78, 5) is 16.3. The number of halogens is 1. The number of aryl methyl sites for hydroxylation is 1. The zero-order valence-corrected chi connectivity index (χ0v) is 16.8. The van der Waals surface area contributed by atoms with E-state index in [0.29, 0.717) is 13.1 Å². The van der Waals surface area contributed by atoms with Gasteiger partial charge in [0.05, 0.1) is 12.1 Å².